The molecule has 1 amide bonds. The van der Waals surface area contributed by atoms with Crippen LogP contribution in [0.2, 0.25) is 0 Å². The Labute approximate surface area is 139 Å². The van der Waals surface area contributed by atoms with Gasteiger partial charge in [-0.15, -0.1) is 0 Å². The van der Waals surface area contributed by atoms with Crippen LogP contribution < -0.4 is 10.9 Å². The van der Waals surface area contributed by atoms with E-state index in [4.69, 9.17) is 0 Å². The Kier molecular flexibility index (Phi) is 4.74. The van der Waals surface area contributed by atoms with Crippen molar-refractivity contribution in [2.24, 2.45) is 0 Å². The Morgan fingerprint density at radius 1 is 1.33 bits per heavy atom. The second-order valence-electron chi connectivity index (χ2n) is 5.66. The third-order valence-electron chi connectivity index (χ3n) is 4.00. The Balaban J connectivity index is 1.55. The van der Waals surface area contributed by atoms with Gasteiger partial charge in [0.05, 0.1) is 6.33 Å². The van der Waals surface area contributed by atoms with Gasteiger partial charge in [0.2, 0.25) is 5.91 Å². The Morgan fingerprint density at radius 3 is 2.96 bits per heavy atom. The van der Waals surface area contributed by atoms with Gasteiger partial charge in [0.1, 0.15) is 6.54 Å². The van der Waals surface area contributed by atoms with E-state index in [1.54, 1.807) is 0 Å². The molecule has 0 bridgehead atoms. The second kappa shape index (κ2) is 7.12. The molecule has 2 heterocycles. The van der Waals surface area contributed by atoms with Crippen molar-refractivity contribution in [3.8, 4) is 0 Å². The maximum absolute atomic E-state index is 12.0. The van der Waals surface area contributed by atoms with Crippen molar-refractivity contribution in [1.82, 2.24) is 19.9 Å². The zero-order chi connectivity index (χ0) is 16.9. The van der Waals surface area contributed by atoms with Gasteiger partial charge in [0, 0.05) is 35.4 Å². The summed E-state index contributed by atoms with van der Waals surface area (Å²) in [5.41, 5.74) is 2.79. The van der Waals surface area contributed by atoms with E-state index < -0.39 is 0 Å². The molecule has 0 atom stereocenters. The van der Waals surface area contributed by atoms with Crippen LogP contribution in [0.25, 0.3) is 10.9 Å². The summed E-state index contributed by atoms with van der Waals surface area (Å²) in [6, 6.07) is 9.54. The zero-order valence-corrected chi connectivity index (χ0v) is 13.6. The average Bonchev–Trinajstić information content (AvgIpc) is 3.00. The molecule has 2 N–H and O–H groups in total. The molecule has 3 rings (SSSR count). The molecule has 1 aromatic carbocycles. The highest BCUT2D eigenvalue weighted by atomic mass is 16.2. The number of nitrogens with zero attached hydrogens (tertiary/aromatic N) is 2. The number of para-hydroxylation sites is 1. The van der Waals surface area contributed by atoms with Crippen molar-refractivity contribution in [3.63, 3.8) is 0 Å². The molecule has 6 heteroatoms. The second-order valence-corrected chi connectivity index (χ2v) is 5.66. The number of H-pyrrole nitrogens is 1. The number of aromatic amines is 1. The maximum Gasteiger partial charge on any atom is 0.253 e. The first-order chi connectivity index (χ1) is 11.7. The van der Waals surface area contributed by atoms with E-state index >= 15 is 0 Å². The van der Waals surface area contributed by atoms with Crippen molar-refractivity contribution in [1.29, 1.82) is 0 Å². The van der Waals surface area contributed by atoms with Crippen molar-refractivity contribution >= 4 is 16.8 Å². The lowest BCUT2D eigenvalue weighted by molar-refractivity contribution is -0.121. The fraction of sp³-hybridized carbons (Fsp3) is 0.278. The molecule has 0 aliphatic rings. The molecule has 124 valence electrons. The number of rotatable bonds is 6. The highest BCUT2D eigenvalue weighted by molar-refractivity contribution is 5.83. The molecule has 24 heavy (non-hydrogen) atoms. The van der Waals surface area contributed by atoms with E-state index in [0.29, 0.717) is 13.0 Å². The minimum Gasteiger partial charge on any atom is -0.361 e. The van der Waals surface area contributed by atoms with Crippen molar-refractivity contribution in [2.75, 3.05) is 6.54 Å². The molecule has 0 saturated heterocycles. The monoisotopic (exact) mass is 324 g/mol. The number of amides is 1. The molecule has 6 nitrogen and oxygen atoms in total. The van der Waals surface area contributed by atoms with E-state index in [0.717, 1.165) is 23.2 Å². The fourth-order valence-corrected chi connectivity index (χ4v) is 2.66. The lowest BCUT2D eigenvalue weighted by Gasteiger charge is -2.07. The van der Waals surface area contributed by atoms with Crippen molar-refractivity contribution in [2.45, 2.75) is 26.3 Å². The van der Waals surface area contributed by atoms with Gasteiger partial charge in [-0.1, -0.05) is 25.1 Å². The number of benzene rings is 1. The lowest BCUT2D eigenvalue weighted by Crippen LogP contribution is -2.33. The van der Waals surface area contributed by atoms with E-state index in [1.165, 1.54) is 22.3 Å². The number of aryl methyl sites for hydroxylation is 1. The van der Waals surface area contributed by atoms with Gasteiger partial charge >= 0.3 is 0 Å². The topological polar surface area (TPSA) is 79.8 Å². The van der Waals surface area contributed by atoms with Crippen LogP contribution in [-0.4, -0.2) is 27.0 Å². The predicted octanol–water partition coefficient (Wildman–Crippen LogP) is 1.65. The van der Waals surface area contributed by atoms with Gasteiger partial charge < -0.3 is 10.3 Å². The van der Waals surface area contributed by atoms with E-state index in [2.05, 4.69) is 21.4 Å². The molecule has 0 aliphatic carbocycles. The number of fused-ring (bicyclic) bond motifs is 1. The van der Waals surface area contributed by atoms with Crippen molar-refractivity contribution < 1.29 is 4.79 Å². The third-order valence-corrected chi connectivity index (χ3v) is 4.00. The first-order valence-corrected chi connectivity index (χ1v) is 8.04. The molecule has 3 aromatic rings. The summed E-state index contributed by atoms with van der Waals surface area (Å²) in [6.07, 6.45) is 4.83. The summed E-state index contributed by atoms with van der Waals surface area (Å²) in [5, 5.41) is 4.02. The van der Waals surface area contributed by atoms with Gasteiger partial charge in [-0.25, -0.2) is 4.98 Å². The third kappa shape index (κ3) is 3.53. The first kappa shape index (κ1) is 16.0. The van der Waals surface area contributed by atoms with Gasteiger partial charge in [-0.3, -0.25) is 14.2 Å². The summed E-state index contributed by atoms with van der Waals surface area (Å²) < 4.78 is 1.32. The van der Waals surface area contributed by atoms with Gasteiger partial charge in [0.15, 0.2) is 0 Å². The first-order valence-electron chi connectivity index (χ1n) is 8.04. The van der Waals surface area contributed by atoms with E-state index in [-0.39, 0.29) is 18.0 Å². The smallest absolute Gasteiger partial charge is 0.253 e. The van der Waals surface area contributed by atoms with Crippen LogP contribution in [0.4, 0.5) is 0 Å². The van der Waals surface area contributed by atoms with Gasteiger partial charge in [-0.2, -0.15) is 0 Å². The van der Waals surface area contributed by atoms with Gasteiger partial charge in [0.25, 0.3) is 5.56 Å². The summed E-state index contributed by atoms with van der Waals surface area (Å²) in [7, 11) is 0. The summed E-state index contributed by atoms with van der Waals surface area (Å²) in [6.45, 7) is 2.45. The van der Waals surface area contributed by atoms with Crippen LogP contribution in [0.5, 0.6) is 0 Å². The van der Waals surface area contributed by atoms with Crippen LogP contribution in [0, 0.1) is 0 Å². The normalized spacial score (nSPS) is 10.9. The van der Waals surface area contributed by atoms with Crippen LogP contribution >= 0.6 is 0 Å². The minimum absolute atomic E-state index is 0.0102. The average molecular weight is 324 g/mol. The standard InChI is InChI=1S/C18H20N4O2/c1-2-14-9-18(24)22(12-21-14)11-17(23)19-8-7-13-10-20-16-6-4-3-5-15(13)16/h3-6,9-10,12,20H,2,7-8,11H2,1H3,(H,19,23). The van der Waals surface area contributed by atoms with E-state index in [9.17, 15) is 9.59 Å². The zero-order valence-electron chi connectivity index (χ0n) is 13.6. The Hall–Kier alpha value is -2.89. The minimum atomic E-state index is -0.200. The van der Waals surface area contributed by atoms with Crippen LogP contribution in [0.15, 0.2) is 47.7 Å². The summed E-state index contributed by atoms with van der Waals surface area (Å²) in [5.74, 6) is -0.192. The number of hydrogen-bond acceptors (Lipinski definition) is 3. The number of aromatic nitrogens is 3. The largest absolute Gasteiger partial charge is 0.361 e. The lowest BCUT2D eigenvalue weighted by atomic mass is 10.1. The molecule has 0 radical (unpaired) electrons. The fourth-order valence-electron chi connectivity index (χ4n) is 2.66. The van der Waals surface area contributed by atoms with Crippen LogP contribution in [0.1, 0.15) is 18.2 Å². The Morgan fingerprint density at radius 2 is 2.17 bits per heavy atom. The van der Waals surface area contributed by atoms with Crippen molar-refractivity contribution in [3.05, 3.63) is 64.5 Å². The molecule has 0 unspecified atom stereocenters. The molecule has 0 spiro atoms. The van der Waals surface area contributed by atoms with Crippen LogP contribution in [0.3, 0.4) is 0 Å². The highest BCUT2D eigenvalue weighted by Gasteiger charge is 2.07. The highest BCUT2D eigenvalue weighted by Crippen LogP contribution is 2.17. The molecule has 2 aromatic heterocycles. The molecule has 0 fully saturated rings. The quantitative estimate of drug-likeness (QED) is 0.723. The maximum atomic E-state index is 12.0. The van der Waals surface area contributed by atoms with Gasteiger partial charge in [-0.05, 0) is 24.5 Å². The molecular weight excluding hydrogens is 304 g/mol. The molecule has 0 saturated carbocycles. The molecule has 0 aliphatic heterocycles. The van der Waals surface area contributed by atoms with E-state index in [1.807, 2.05) is 31.3 Å². The SMILES string of the molecule is CCc1cc(=O)n(CC(=O)NCCc2c[nH]c3ccccc23)cn1. The molecular formula is C18H20N4O2. The van der Waals surface area contributed by atoms with Crippen LogP contribution in [-0.2, 0) is 24.2 Å². The number of nitrogens with one attached hydrogen (secondary N) is 2. The Bertz CT molecular complexity index is 911. The number of carbonyl (C=O) groups excluding carboxylic acids is 1. The number of carbonyl (C=O) groups is 1. The summed E-state index contributed by atoms with van der Waals surface area (Å²) >= 11 is 0. The predicted molar refractivity (Wildman–Crippen MR) is 92.9 cm³/mol. The number of hydrogen-bond donors (Lipinski definition) is 2. The summed E-state index contributed by atoms with van der Waals surface area (Å²) in [4.78, 5) is 31.2.